The molecule has 0 unspecified atom stereocenters. The van der Waals surface area contributed by atoms with Crippen molar-refractivity contribution in [2.45, 2.75) is 18.9 Å². The van der Waals surface area contributed by atoms with Gasteiger partial charge in [0.2, 0.25) is 0 Å². The van der Waals surface area contributed by atoms with Crippen LogP contribution in [0.1, 0.15) is 28.8 Å². The maximum atomic E-state index is 12.8. The number of urea groups is 1. The Kier molecular flexibility index (Phi) is 6.11. The molecule has 32 heavy (non-hydrogen) atoms. The Bertz CT molecular complexity index is 1120. The molecule has 8 nitrogen and oxygen atoms in total. The zero-order valence-corrected chi connectivity index (χ0v) is 17.8. The summed E-state index contributed by atoms with van der Waals surface area (Å²) >= 11 is 0. The molecular formula is C24H26N4O4. The topological polar surface area (TPSA) is 106 Å². The Morgan fingerprint density at radius 1 is 0.938 bits per heavy atom. The highest BCUT2D eigenvalue weighted by Gasteiger charge is 2.32. The van der Waals surface area contributed by atoms with Crippen molar-refractivity contribution in [3.05, 3.63) is 71.9 Å². The van der Waals surface area contributed by atoms with Crippen molar-refractivity contribution in [2.75, 3.05) is 26.2 Å². The van der Waals surface area contributed by atoms with E-state index >= 15 is 0 Å². The predicted molar refractivity (Wildman–Crippen MR) is 121 cm³/mol. The molecular weight excluding hydrogens is 408 g/mol. The summed E-state index contributed by atoms with van der Waals surface area (Å²) in [7, 11) is 0. The van der Waals surface area contributed by atoms with Crippen molar-refractivity contribution in [3.8, 4) is 0 Å². The monoisotopic (exact) mass is 434 g/mol. The summed E-state index contributed by atoms with van der Waals surface area (Å²) in [5.74, 6) is -1.59. The van der Waals surface area contributed by atoms with Crippen molar-refractivity contribution in [1.29, 1.82) is 0 Å². The molecule has 0 spiro atoms. The number of para-hydroxylation sites is 1. The van der Waals surface area contributed by atoms with Crippen molar-refractivity contribution in [3.63, 3.8) is 0 Å². The highest BCUT2D eigenvalue weighted by atomic mass is 16.4. The quantitative estimate of drug-likeness (QED) is 0.574. The number of nitrogens with zero attached hydrogens (tertiary/aromatic N) is 2. The Hall–Kier alpha value is -3.81. The second kappa shape index (κ2) is 9.13. The molecule has 4 rings (SSSR count). The maximum Gasteiger partial charge on any atom is 0.326 e. The van der Waals surface area contributed by atoms with Gasteiger partial charge < -0.3 is 25.2 Å². The number of aromatic nitrogens is 1. The van der Waals surface area contributed by atoms with Crippen molar-refractivity contribution < 1.29 is 19.5 Å². The molecule has 0 bridgehead atoms. The molecule has 1 saturated heterocycles. The van der Waals surface area contributed by atoms with Gasteiger partial charge in [-0.3, -0.25) is 4.79 Å². The van der Waals surface area contributed by atoms with E-state index in [1.54, 1.807) is 35.1 Å². The molecule has 3 aromatic rings. The molecule has 2 aromatic carbocycles. The molecule has 3 amide bonds. The maximum absolute atomic E-state index is 12.8. The fourth-order valence-corrected chi connectivity index (χ4v) is 4.15. The summed E-state index contributed by atoms with van der Waals surface area (Å²) < 4.78 is 0. The number of amides is 3. The van der Waals surface area contributed by atoms with Crippen LogP contribution in [0.25, 0.3) is 10.9 Å². The van der Waals surface area contributed by atoms with E-state index in [9.17, 15) is 19.5 Å². The molecule has 8 heteroatoms. The highest BCUT2D eigenvalue weighted by molar-refractivity contribution is 5.94. The van der Waals surface area contributed by atoms with Crippen molar-refractivity contribution in [1.82, 2.24) is 20.1 Å². The second-order valence-electron chi connectivity index (χ2n) is 7.99. The van der Waals surface area contributed by atoms with E-state index in [-0.39, 0.29) is 5.91 Å². The molecule has 1 fully saturated rings. The number of nitrogens with one attached hydrogen (secondary N) is 2. The van der Waals surface area contributed by atoms with E-state index in [1.165, 1.54) is 0 Å². The van der Waals surface area contributed by atoms with Gasteiger partial charge in [0.1, 0.15) is 6.04 Å². The van der Waals surface area contributed by atoms with E-state index in [2.05, 4.69) is 10.3 Å². The number of hydrogen-bond acceptors (Lipinski definition) is 3. The van der Waals surface area contributed by atoms with Gasteiger partial charge in [-0.2, -0.15) is 0 Å². The number of carboxylic acid groups (broad SMARTS) is 1. The number of rotatable bonds is 5. The van der Waals surface area contributed by atoms with Gasteiger partial charge in [0.05, 0.1) is 0 Å². The Balaban J connectivity index is 1.40. The number of carbonyl (C=O) groups excluding carboxylic acids is 2. The van der Waals surface area contributed by atoms with E-state index in [0.717, 1.165) is 16.5 Å². The number of carbonyl (C=O) groups is 3. The average molecular weight is 434 g/mol. The Labute approximate surface area is 185 Å². The first-order valence-corrected chi connectivity index (χ1v) is 10.6. The van der Waals surface area contributed by atoms with Gasteiger partial charge in [-0.1, -0.05) is 43.3 Å². The van der Waals surface area contributed by atoms with Crippen LogP contribution in [0.4, 0.5) is 4.79 Å². The SMILES string of the molecule is C[C@@H](c1c[nH]c2ccccc12)[C@@H](NC(=O)N1CCN(C(=O)c2ccccc2)CC1)C(=O)O. The fourth-order valence-electron chi connectivity index (χ4n) is 4.15. The van der Waals surface area contributed by atoms with Crippen molar-refractivity contribution in [2.24, 2.45) is 0 Å². The Morgan fingerprint density at radius 3 is 2.25 bits per heavy atom. The first-order chi connectivity index (χ1) is 15.5. The number of hydrogen-bond donors (Lipinski definition) is 3. The highest BCUT2D eigenvalue weighted by Crippen LogP contribution is 2.28. The first-order valence-electron chi connectivity index (χ1n) is 10.6. The van der Waals surface area contributed by atoms with Gasteiger partial charge in [0, 0.05) is 54.8 Å². The van der Waals surface area contributed by atoms with Gasteiger partial charge >= 0.3 is 12.0 Å². The molecule has 3 N–H and O–H groups in total. The van der Waals surface area contributed by atoms with Gasteiger partial charge in [-0.05, 0) is 23.8 Å². The van der Waals surface area contributed by atoms with Crippen LogP contribution >= 0.6 is 0 Å². The molecule has 0 saturated carbocycles. The van der Waals surface area contributed by atoms with E-state index in [0.29, 0.717) is 31.7 Å². The van der Waals surface area contributed by atoms with Crippen LogP contribution in [-0.2, 0) is 4.79 Å². The van der Waals surface area contributed by atoms with Crippen molar-refractivity contribution >= 4 is 28.8 Å². The molecule has 166 valence electrons. The lowest BCUT2D eigenvalue weighted by Gasteiger charge is -2.35. The van der Waals surface area contributed by atoms with Gasteiger partial charge in [0.25, 0.3) is 5.91 Å². The van der Waals surface area contributed by atoms with Crippen LogP contribution in [0.5, 0.6) is 0 Å². The second-order valence-corrected chi connectivity index (χ2v) is 7.99. The minimum Gasteiger partial charge on any atom is -0.480 e. The molecule has 0 aliphatic carbocycles. The lowest BCUT2D eigenvalue weighted by Crippen LogP contribution is -2.56. The largest absolute Gasteiger partial charge is 0.480 e. The lowest BCUT2D eigenvalue weighted by molar-refractivity contribution is -0.139. The molecule has 2 atom stereocenters. The average Bonchev–Trinajstić information content (AvgIpc) is 3.26. The number of carboxylic acids is 1. The van der Waals surface area contributed by atoms with Crippen LogP contribution in [0.2, 0.25) is 0 Å². The van der Waals surface area contributed by atoms with Crippen LogP contribution in [-0.4, -0.2) is 70.0 Å². The number of fused-ring (bicyclic) bond motifs is 1. The van der Waals surface area contributed by atoms with Gasteiger partial charge in [-0.15, -0.1) is 0 Å². The third-order valence-corrected chi connectivity index (χ3v) is 6.03. The van der Waals surface area contributed by atoms with E-state index in [4.69, 9.17) is 0 Å². The standard InChI is InChI=1S/C24H26N4O4/c1-16(19-15-25-20-10-6-5-9-18(19)20)21(23(30)31)26-24(32)28-13-11-27(12-14-28)22(29)17-7-3-2-4-8-17/h2-10,15-16,21,25H,11-14H2,1H3,(H,26,32)(H,30,31)/t16-,21+/m0/s1. The summed E-state index contributed by atoms with van der Waals surface area (Å²) in [4.78, 5) is 43.9. The van der Waals surface area contributed by atoms with Crippen LogP contribution in [0.15, 0.2) is 60.8 Å². The number of piperazine rings is 1. The molecule has 1 aliphatic rings. The van der Waals surface area contributed by atoms with Crippen LogP contribution < -0.4 is 5.32 Å². The third kappa shape index (κ3) is 4.30. The zero-order chi connectivity index (χ0) is 22.7. The first kappa shape index (κ1) is 21.4. The lowest BCUT2D eigenvalue weighted by atomic mass is 9.93. The number of aliphatic carboxylic acids is 1. The molecule has 2 heterocycles. The van der Waals surface area contributed by atoms with Gasteiger partial charge in [-0.25, -0.2) is 9.59 Å². The summed E-state index contributed by atoms with van der Waals surface area (Å²) in [5, 5.41) is 13.4. The normalized spacial score (nSPS) is 15.9. The molecule has 1 aromatic heterocycles. The molecule has 0 radical (unpaired) electrons. The van der Waals surface area contributed by atoms with E-state index in [1.807, 2.05) is 42.5 Å². The van der Waals surface area contributed by atoms with Gasteiger partial charge in [0.15, 0.2) is 0 Å². The van der Waals surface area contributed by atoms with E-state index < -0.39 is 24.0 Å². The molecule has 1 aliphatic heterocycles. The minimum atomic E-state index is -1.09. The summed E-state index contributed by atoms with van der Waals surface area (Å²) in [6.45, 7) is 3.29. The fraction of sp³-hybridized carbons (Fsp3) is 0.292. The summed E-state index contributed by atoms with van der Waals surface area (Å²) in [5.41, 5.74) is 2.37. The smallest absolute Gasteiger partial charge is 0.326 e. The number of aromatic amines is 1. The predicted octanol–water partition coefficient (Wildman–Crippen LogP) is 2.89. The van der Waals surface area contributed by atoms with Crippen LogP contribution in [0.3, 0.4) is 0 Å². The minimum absolute atomic E-state index is 0.0676. The summed E-state index contributed by atoms with van der Waals surface area (Å²) in [6, 6.07) is 15.2. The third-order valence-electron chi connectivity index (χ3n) is 6.03. The summed E-state index contributed by atoms with van der Waals surface area (Å²) in [6.07, 6.45) is 1.80. The number of H-pyrrole nitrogens is 1. The number of benzene rings is 2. The van der Waals surface area contributed by atoms with Crippen LogP contribution in [0, 0.1) is 0 Å². The Morgan fingerprint density at radius 2 is 1.56 bits per heavy atom. The zero-order valence-electron chi connectivity index (χ0n) is 17.8.